The molecule has 0 fully saturated rings. The molecule has 0 saturated heterocycles. The van der Waals surface area contributed by atoms with Crippen molar-refractivity contribution in [3.05, 3.63) is 50.7 Å². The van der Waals surface area contributed by atoms with Crippen molar-refractivity contribution < 1.29 is 14.3 Å². The Bertz CT molecular complexity index is 649. The fourth-order valence-corrected chi connectivity index (χ4v) is 3.25. The highest BCUT2D eigenvalue weighted by atomic mass is 35.5. The zero-order valence-corrected chi connectivity index (χ0v) is 13.3. The Morgan fingerprint density at radius 3 is 2.81 bits per heavy atom. The number of hydrogen-bond acceptors (Lipinski definition) is 3. The van der Waals surface area contributed by atoms with Gasteiger partial charge in [0.2, 0.25) is 0 Å². The lowest BCUT2D eigenvalue weighted by Gasteiger charge is -2.23. The first-order valence-electron chi connectivity index (χ1n) is 6.39. The van der Waals surface area contributed by atoms with Gasteiger partial charge in [-0.05, 0) is 18.6 Å². The molecule has 0 saturated carbocycles. The van der Waals surface area contributed by atoms with E-state index >= 15 is 0 Å². The van der Waals surface area contributed by atoms with Crippen molar-refractivity contribution in [1.29, 1.82) is 0 Å². The highest BCUT2D eigenvalue weighted by Crippen LogP contribution is 2.33. The predicted octanol–water partition coefficient (Wildman–Crippen LogP) is 4.08. The quantitative estimate of drug-likeness (QED) is 0.900. The van der Waals surface area contributed by atoms with Crippen LogP contribution in [0, 0.1) is 5.82 Å². The van der Waals surface area contributed by atoms with Crippen LogP contribution in [0.5, 0.6) is 0 Å². The van der Waals surface area contributed by atoms with Crippen molar-refractivity contribution in [2.75, 3.05) is 0 Å². The van der Waals surface area contributed by atoms with Gasteiger partial charge in [-0.25, -0.2) is 9.37 Å². The molecule has 0 atom stereocenters. The summed E-state index contributed by atoms with van der Waals surface area (Å²) in [6, 6.07) is 4.62. The summed E-state index contributed by atoms with van der Waals surface area (Å²) < 4.78 is 13.9. The van der Waals surface area contributed by atoms with Gasteiger partial charge in [-0.1, -0.05) is 31.5 Å². The van der Waals surface area contributed by atoms with Crippen molar-refractivity contribution in [2.45, 2.75) is 32.1 Å². The second kappa shape index (κ2) is 6.12. The van der Waals surface area contributed by atoms with Gasteiger partial charge in [-0.15, -0.1) is 11.3 Å². The summed E-state index contributed by atoms with van der Waals surface area (Å²) in [6.45, 7) is 3.89. The molecule has 3 nitrogen and oxygen atoms in total. The van der Waals surface area contributed by atoms with Crippen LogP contribution in [0.25, 0.3) is 0 Å². The molecule has 0 amide bonds. The first-order valence-corrected chi connectivity index (χ1v) is 7.65. The monoisotopic (exact) mass is 327 g/mol. The minimum Gasteiger partial charge on any atom is -0.481 e. The normalized spacial score (nSPS) is 11.6. The molecular formula is C15H15ClFNO2S. The Labute approximate surface area is 131 Å². The molecule has 0 aliphatic heterocycles. The maximum absolute atomic E-state index is 13.9. The molecule has 0 aliphatic rings. The third kappa shape index (κ3) is 3.80. The number of nitrogens with zero attached hydrogens (tertiary/aromatic N) is 1. The minimum atomic E-state index is -0.915. The van der Waals surface area contributed by atoms with Crippen LogP contribution in [-0.4, -0.2) is 16.1 Å². The van der Waals surface area contributed by atoms with Crippen LogP contribution in [0.2, 0.25) is 5.02 Å². The van der Waals surface area contributed by atoms with Gasteiger partial charge in [-0.2, -0.15) is 0 Å². The molecule has 0 unspecified atom stereocenters. The average Bonchev–Trinajstić information content (AvgIpc) is 2.82. The van der Waals surface area contributed by atoms with E-state index in [0.717, 1.165) is 5.01 Å². The first-order chi connectivity index (χ1) is 9.79. The minimum absolute atomic E-state index is 0.104. The summed E-state index contributed by atoms with van der Waals surface area (Å²) in [4.78, 5) is 15.1. The first kappa shape index (κ1) is 15.9. The van der Waals surface area contributed by atoms with Crippen molar-refractivity contribution in [2.24, 2.45) is 0 Å². The van der Waals surface area contributed by atoms with E-state index in [0.29, 0.717) is 22.7 Å². The molecule has 6 heteroatoms. The van der Waals surface area contributed by atoms with Crippen LogP contribution < -0.4 is 0 Å². The number of carboxylic acids is 1. The standard InChI is InChI=1S/C15H15ClFNO2S/c1-15(2,7-10-11(16)4-3-5-12(10)17)14-18-9(8-21-14)6-13(19)20/h3-5,8H,6-7H2,1-2H3,(H,19,20). The Morgan fingerprint density at radius 1 is 1.48 bits per heavy atom. The summed E-state index contributed by atoms with van der Waals surface area (Å²) in [6.07, 6.45) is 0.297. The van der Waals surface area contributed by atoms with Gasteiger partial charge in [0.25, 0.3) is 0 Å². The van der Waals surface area contributed by atoms with Crippen LogP contribution in [0.1, 0.15) is 30.1 Å². The van der Waals surface area contributed by atoms with Crippen LogP contribution in [-0.2, 0) is 23.1 Å². The van der Waals surface area contributed by atoms with Gasteiger partial charge in [0, 0.05) is 21.4 Å². The highest BCUT2D eigenvalue weighted by molar-refractivity contribution is 7.09. The molecular weight excluding hydrogens is 313 g/mol. The summed E-state index contributed by atoms with van der Waals surface area (Å²) in [7, 11) is 0. The average molecular weight is 328 g/mol. The lowest BCUT2D eigenvalue weighted by molar-refractivity contribution is -0.136. The van der Waals surface area contributed by atoms with Gasteiger partial charge in [0.1, 0.15) is 5.82 Å². The van der Waals surface area contributed by atoms with E-state index in [2.05, 4.69) is 4.98 Å². The number of benzene rings is 1. The summed E-state index contributed by atoms with van der Waals surface area (Å²) >= 11 is 7.45. The molecule has 1 aromatic heterocycles. The van der Waals surface area contributed by atoms with Crippen molar-refractivity contribution >= 4 is 28.9 Å². The summed E-state index contributed by atoms with van der Waals surface area (Å²) in [5, 5.41) is 11.7. The number of aromatic nitrogens is 1. The molecule has 0 radical (unpaired) electrons. The molecule has 1 aromatic carbocycles. The molecule has 0 spiro atoms. The smallest absolute Gasteiger partial charge is 0.309 e. The molecule has 21 heavy (non-hydrogen) atoms. The van der Waals surface area contributed by atoms with E-state index in [1.54, 1.807) is 17.5 Å². The number of carbonyl (C=O) groups is 1. The molecule has 2 aromatic rings. The van der Waals surface area contributed by atoms with E-state index in [-0.39, 0.29) is 12.2 Å². The van der Waals surface area contributed by atoms with E-state index in [1.165, 1.54) is 17.4 Å². The Kier molecular flexibility index (Phi) is 4.64. The van der Waals surface area contributed by atoms with Gasteiger partial charge in [0.05, 0.1) is 17.1 Å². The number of aliphatic carboxylic acids is 1. The third-order valence-corrected chi connectivity index (χ3v) is 4.75. The van der Waals surface area contributed by atoms with E-state index in [9.17, 15) is 9.18 Å². The van der Waals surface area contributed by atoms with E-state index < -0.39 is 11.4 Å². The van der Waals surface area contributed by atoms with Crippen LogP contribution in [0.3, 0.4) is 0 Å². The van der Waals surface area contributed by atoms with Crippen molar-refractivity contribution in [3.8, 4) is 0 Å². The lowest BCUT2D eigenvalue weighted by Crippen LogP contribution is -2.21. The largest absolute Gasteiger partial charge is 0.481 e. The number of hydrogen-bond donors (Lipinski definition) is 1. The molecule has 112 valence electrons. The molecule has 1 heterocycles. The zero-order chi connectivity index (χ0) is 15.6. The summed E-state index contributed by atoms with van der Waals surface area (Å²) in [5.74, 6) is -1.25. The summed E-state index contributed by atoms with van der Waals surface area (Å²) in [5.41, 5.74) is 0.558. The fourth-order valence-electron chi connectivity index (χ4n) is 2.07. The van der Waals surface area contributed by atoms with Crippen LogP contribution in [0.15, 0.2) is 23.6 Å². The van der Waals surface area contributed by atoms with Crippen LogP contribution in [0.4, 0.5) is 4.39 Å². The van der Waals surface area contributed by atoms with E-state index in [4.69, 9.17) is 16.7 Å². The SMILES string of the molecule is CC(C)(Cc1c(F)cccc1Cl)c1nc(CC(=O)O)cs1. The second-order valence-electron chi connectivity index (χ2n) is 5.48. The second-order valence-corrected chi connectivity index (χ2v) is 6.74. The van der Waals surface area contributed by atoms with Gasteiger partial charge < -0.3 is 5.11 Å². The fraction of sp³-hybridized carbons (Fsp3) is 0.333. The predicted molar refractivity (Wildman–Crippen MR) is 81.6 cm³/mol. The number of rotatable bonds is 5. The molecule has 2 rings (SSSR count). The topological polar surface area (TPSA) is 50.2 Å². The van der Waals surface area contributed by atoms with Crippen molar-refractivity contribution in [3.63, 3.8) is 0 Å². The Hall–Kier alpha value is -1.46. The molecule has 1 N–H and O–H groups in total. The molecule has 0 aliphatic carbocycles. The van der Waals surface area contributed by atoms with Gasteiger partial charge >= 0.3 is 5.97 Å². The highest BCUT2D eigenvalue weighted by Gasteiger charge is 2.27. The number of halogens is 2. The lowest BCUT2D eigenvalue weighted by atomic mass is 9.86. The van der Waals surface area contributed by atoms with E-state index in [1.807, 2.05) is 13.8 Å². The Morgan fingerprint density at radius 2 is 2.19 bits per heavy atom. The molecule has 0 bridgehead atoms. The number of carboxylic acid groups (broad SMARTS) is 1. The van der Waals surface area contributed by atoms with Crippen LogP contribution >= 0.6 is 22.9 Å². The van der Waals surface area contributed by atoms with Crippen molar-refractivity contribution in [1.82, 2.24) is 4.98 Å². The maximum atomic E-state index is 13.9. The third-order valence-electron chi connectivity index (χ3n) is 3.14. The van der Waals surface area contributed by atoms with Gasteiger partial charge in [0.15, 0.2) is 0 Å². The number of thiazole rings is 1. The zero-order valence-electron chi connectivity index (χ0n) is 11.7. The van der Waals surface area contributed by atoms with Gasteiger partial charge in [-0.3, -0.25) is 4.79 Å². The Balaban J connectivity index is 2.25. The maximum Gasteiger partial charge on any atom is 0.309 e.